The molecule has 1 aromatic heterocycles. The maximum atomic E-state index is 8.76. The van der Waals surface area contributed by atoms with Gasteiger partial charge in [0.1, 0.15) is 12.0 Å². The number of nitrogens with one attached hydrogen (secondary N) is 2. The Morgan fingerprint density at radius 2 is 1.93 bits per heavy atom. The molecule has 7 nitrogen and oxygen atoms in total. The number of allylic oxidation sites excluding steroid dienone is 1. The predicted molar refractivity (Wildman–Crippen MR) is 118 cm³/mol. The fourth-order valence-electron chi connectivity index (χ4n) is 3.63. The summed E-state index contributed by atoms with van der Waals surface area (Å²) in [6.07, 6.45) is 5.19. The highest BCUT2D eigenvalue weighted by Crippen LogP contribution is 2.24. The number of hydrogen-bond acceptors (Lipinski definition) is 6. The van der Waals surface area contributed by atoms with E-state index in [4.69, 9.17) is 21.3 Å². The Morgan fingerprint density at radius 1 is 1.21 bits per heavy atom. The van der Waals surface area contributed by atoms with Crippen LogP contribution in [0.15, 0.2) is 42.7 Å². The number of rotatable bonds is 6. The van der Waals surface area contributed by atoms with Crippen LogP contribution in [0.5, 0.6) is 0 Å². The lowest BCUT2D eigenvalue weighted by Crippen LogP contribution is -2.72. The Morgan fingerprint density at radius 3 is 2.59 bits per heavy atom. The van der Waals surface area contributed by atoms with Gasteiger partial charge in [0.15, 0.2) is 0 Å². The predicted octanol–water partition coefficient (Wildman–Crippen LogP) is 1.88. The Bertz CT molecular complexity index is 929. The molecule has 29 heavy (non-hydrogen) atoms. The van der Waals surface area contributed by atoms with Crippen LogP contribution in [0.3, 0.4) is 0 Å². The molecule has 2 aromatic rings. The number of pyridine rings is 1. The summed E-state index contributed by atoms with van der Waals surface area (Å²) < 4.78 is 5.81. The van der Waals surface area contributed by atoms with Crippen molar-refractivity contribution in [2.75, 3.05) is 30.8 Å². The number of morpholine rings is 1. The number of anilines is 2. The van der Waals surface area contributed by atoms with Crippen LogP contribution >= 0.6 is 0 Å². The summed E-state index contributed by atoms with van der Waals surface area (Å²) >= 11 is 0. The lowest BCUT2D eigenvalue weighted by Gasteiger charge is -2.36. The summed E-state index contributed by atoms with van der Waals surface area (Å²) in [5.74, 6) is 0.838. The van der Waals surface area contributed by atoms with Crippen molar-refractivity contribution in [3.63, 3.8) is 0 Å². The van der Waals surface area contributed by atoms with E-state index in [1.54, 1.807) is 12.3 Å². The summed E-state index contributed by atoms with van der Waals surface area (Å²) in [5, 5.41) is 18.3. The molecular weight excluding hydrogens is 364 g/mol. The van der Waals surface area contributed by atoms with Gasteiger partial charge < -0.3 is 26.1 Å². The van der Waals surface area contributed by atoms with E-state index in [0.29, 0.717) is 17.0 Å². The van der Waals surface area contributed by atoms with Crippen LogP contribution in [0.1, 0.15) is 30.5 Å². The number of aromatic nitrogens is 1. The monoisotopic (exact) mass is 393 g/mol. The molecule has 1 aromatic carbocycles. The van der Waals surface area contributed by atoms with E-state index in [2.05, 4.69) is 23.7 Å². The number of benzene rings is 1. The fraction of sp³-hybridized carbons (Fsp3) is 0.318. The van der Waals surface area contributed by atoms with Crippen LogP contribution in [-0.4, -0.2) is 49.3 Å². The largest absolute Gasteiger partial charge is 0.398 e. The molecule has 0 bridgehead atoms. The van der Waals surface area contributed by atoms with Gasteiger partial charge in [-0.3, -0.25) is 5.41 Å². The Labute approximate surface area is 171 Å². The van der Waals surface area contributed by atoms with Crippen LogP contribution in [0, 0.1) is 10.8 Å². The van der Waals surface area contributed by atoms with E-state index >= 15 is 0 Å². The highest BCUT2D eigenvalue weighted by Gasteiger charge is 2.23. The first-order valence-corrected chi connectivity index (χ1v) is 9.78. The molecule has 0 saturated carbocycles. The maximum absolute atomic E-state index is 8.76. The zero-order chi connectivity index (χ0) is 21.0. The minimum absolute atomic E-state index is 0.137. The van der Waals surface area contributed by atoms with Crippen LogP contribution in [0.25, 0.3) is 5.57 Å². The van der Waals surface area contributed by atoms with Crippen molar-refractivity contribution >= 4 is 29.0 Å². The molecule has 0 aliphatic carbocycles. The van der Waals surface area contributed by atoms with E-state index in [9.17, 15) is 0 Å². The third kappa shape index (κ3) is 4.70. The summed E-state index contributed by atoms with van der Waals surface area (Å²) in [7, 11) is 1.91. The van der Waals surface area contributed by atoms with Gasteiger partial charge in [-0.05, 0) is 43.7 Å². The van der Waals surface area contributed by atoms with Gasteiger partial charge in [0.25, 0.3) is 0 Å². The minimum atomic E-state index is 0.137. The molecule has 1 saturated heterocycles. The van der Waals surface area contributed by atoms with E-state index in [0.717, 1.165) is 35.6 Å². The molecule has 0 radical (unpaired) electrons. The zero-order valence-electron chi connectivity index (χ0n) is 17.1. The molecular formula is C22H29N6O+. The number of nitrogen functional groups attached to an aromatic ring is 1. The summed E-state index contributed by atoms with van der Waals surface area (Å²) in [6.45, 7) is 5.66. The van der Waals surface area contributed by atoms with Crippen LogP contribution in [0.2, 0.25) is 0 Å². The molecule has 152 valence electrons. The Kier molecular flexibility index (Phi) is 6.41. The second kappa shape index (κ2) is 8.98. The van der Waals surface area contributed by atoms with Crippen molar-refractivity contribution < 1.29 is 10.1 Å². The van der Waals surface area contributed by atoms with Gasteiger partial charge in [-0.2, -0.15) is 0 Å². The average Bonchev–Trinajstić information content (AvgIpc) is 2.71. The number of nitrogens with two attached hydrogens (primary N) is 2. The molecule has 1 aliphatic heterocycles. The SMILES string of the molecule is C[NH2+]C=C(C=N)c1ccc(N)c(C(=N)c2ccnc(N3CC(C)OC(C)C3)c2)c1. The first kappa shape index (κ1) is 20.7. The van der Waals surface area contributed by atoms with Gasteiger partial charge in [0, 0.05) is 42.3 Å². The standard InChI is InChI=1S/C22H28N6O/c1-14-12-28(13-15(2)29-14)21-9-17(6-7-27-21)22(25)19-8-16(4-5-20(19)24)18(10-23)11-26-3/h4-11,14-15,23,25-26H,12-13,24H2,1-3H3/p+1. The molecule has 7 heteroatoms. The molecule has 1 aliphatic rings. The van der Waals surface area contributed by atoms with Crippen molar-refractivity contribution in [3.8, 4) is 0 Å². The summed E-state index contributed by atoms with van der Waals surface area (Å²) in [4.78, 5) is 6.71. The van der Waals surface area contributed by atoms with E-state index < -0.39 is 0 Å². The second-order valence-corrected chi connectivity index (χ2v) is 7.34. The Balaban J connectivity index is 1.93. The third-order valence-electron chi connectivity index (χ3n) is 4.94. The van der Waals surface area contributed by atoms with Gasteiger partial charge in [-0.1, -0.05) is 6.07 Å². The smallest absolute Gasteiger partial charge is 0.129 e. The summed E-state index contributed by atoms with van der Waals surface area (Å²) in [5.41, 5.74) is 10.1. The topological polar surface area (TPSA) is 116 Å². The van der Waals surface area contributed by atoms with Crippen LogP contribution in [0.4, 0.5) is 11.5 Å². The maximum Gasteiger partial charge on any atom is 0.129 e. The van der Waals surface area contributed by atoms with E-state index in [1.807, 2.05) is 42.8 Å². The van der Waals surface area contributed by atoms with Gasteiger partial charge in [0.2, 0.25) is 0 Å². The van der Waals surface area contributed by atoms with Gasteiger partial charge in [-0.25, -0.2) is 4.98 Å². The number of ether oxygens (including phenoxy) is 1. The van der Waals surface area contributed by atoms with Crippen molar-refractivity contribution in [1.29, 1.82) is 10.8 Å². The average molecular weight is 394 g/mol. The van der Waals surface area contributed by atoms with Crippen LogP contribution in [-0.2, 0) is 4.74 Å². The van der Waals surface area contributed by atoms with Gasteiger partial charge in [-0.15, -0.1) is 0 Å². The molecule has 3 rings (SSSR count). The van der Waals surface area contributed by atoms with Gasteiger partial charge in [0.05, 0.1) is 30.5 Å². The molecule has 6 N–H and O–H groups in total. The zero-order valence-corrected chi connectivity index (χ0v) is 17.1. The first-order chi connectivity index (χ1) is 13.9. The number of hydrogen-bond donors (Lipinski definition) is 4. The van der Waals surface area contributed by atoms with E-state index in [-0.39, 0.29) is 12.2 Å². The second-order valence-electron chi connectivity index (χ2n) is 7.34. The molecule has 0 amide bonds. The van der Waals surface area contributed by atoms with Gasteiger partial charge >= 0.3 is 0 Å². The van der Waals surface area contributed by atoms with Crippen molar-refractivity contribution in [3.05, 3.63) is 59.4 Å². The number of nitrogens with zero attached hydrogens (tertiary/aromatic N) is 2. The normalized spacial score (nSPS) is 19.8. The van der Waals surface area contributed by atoms with Crippen molar-refractivity contribution in [1.82, 2.24) is 4.98 Å². The quantitative estimate of drug-likeness (QED) is 0.443. The third-order valence-corrected chi connectivity index (χ3v) is 4.94. The number of quaternary nitrogens is 1. The van der Waals surface area contributed by atoms with Crippen molar-refractivity contribution in [2.24, 2.45) is 0 Å². The molecule has 2 heterocycles. The highest BCUT2D eigenvalue weighted by atomic mass is 16.5. The molecule has 2 unspecified atom stereocenters. The fourth-order valence-corrected chi connectivity index (χ4v) is 3.63. The minimum Gasteiger partial charge on any atom is -0.398 e. The molecule has 2 atom stereocenters. The van der Waals surface area contributed by atoms with Crippen LogP contribution < -0.4 is 16.0 Å². The first-order valence-electron chi connectivity index (χ1n) is 9.78. The highest BCUT2D eigenvalue weighted by molar-refractivity contribution is 6.15. The lowest BCUT2D eigenvalue weighted by atomic mass is 9.97. The Hall–Kier alpha value is -3.03. The van der Waals surface area contributed by atoms with E-state index in [1.165, 1.54) is 6.21 Å². The summed E-state index contributed by atoms with van der Waals surface area (Å²) in [6, 6.07) is 9.31. The van der Waals surface area contributed by atoms with Crippen molar-refractivity contribution in [2.45, 2.75) is 26.1 Å². The molecule has 0 spiro atoms. The molecule has 1 fully saturated rings. The lowest BCUT2D eigenvalue weighted by molar-refractivity contribution is -0.555.